The Bertz CT molecular complexity index is 594. The third-order valence-electron chi connectivity index (χ3n) is 8.47. The molecule has 0 saturated carbocycles. The van der Waals surface area contributed by atoms with Crippen molar-refractivity contribution in [2.45, 2.75) is 194 Å². The summed E-state index contributed by atoms with van der Waals surface area (Å²) in [7, 11) is 4.10. The lowest BCUT2D eigenvalue weighted by Crippen LogP contribution is -2.27. The molecule has 42 heavy (non-hydrogen) atoms. The summed E-state index contributed by atoms with van der Waals surface area (Å²) in [6.45, 7) is 7.68. The molecule has 0 fully saturated rings. The number of carbonyl (C=O) groups is 2. The van der Waals surface area contributed by atoms with E-state index in [4.69, 9.17) is 9.47 Å². The molecule has 0 N–H and O–H groups in total. The molecule has 5 nitrogen and oxygen atoms in total. The Kier molecular flexibility index (Phi) is 30.5. The number of unbranched alkanes of at least 4 members (excludes halogenated alkanes) is 20. The van der Waals surface area contributed by atoms with E-state index in [0.29, 0.717) is 6.42 Å². The maximum absolute atomic E-state index is 12.7. The third-order valence-corrected chi connectivity index (χ3v) is 8.47. The van der Waals surface area contributed by atoms with E-state index in [9.17, 15) is 9.59 Å². The molecule has 250 valence electrons. The lowest BCUT2D eigenvalue weighted by Gasteiger charge is -2.19. The van der Waals surface area contributed by atoms with Gasteiger partial charge in [0.2, 0.25) is 0 Å². The average Bonchev–Trinajstić information content (AvgIpc) is 2.97. The second-order valence-electron chi connectivity index (χ2n) is 13.2. The lowest BCUT2D eigenvalue weighted by atomic mass is 10.0. The van der Waals surface area contributed by atoms with Gasteiger partial charge < -0.3 is 14.4 Å². The van der Waals surface area contributed by atoms with Crippen molar-refractivity contribution in [3.05, 3.63) is 0 Å². The molecule has 0 bridgehead atoms. The second kappa shape index (κ2) is 31.3. The standard InChI is InChI=1S/C37H73NO4/c1-6-8-10-12-14-16-17-18-20-21-23-25-29-34(3)37(40)41-33-35(42-36(39)31-27-28-32-38(4)5)30-26-24-22-19-15-13-11-9-7-2/h34-35H,6-33H2,1-5H3. The zero-order valence-electron chi connectivity index (χ0n) is 29.0. The van der Waals surface area contributed by atoms with Crippen LogP contribution in [0.5, 0.6) is 0 Å². The largest absolute Gasteiger partial charge is 0.462 e. The third kappa shape index (κ3) is 29.0. The number of esters is 2. The van der Waals surface area contributed by atoms with Crippen LogP contribution in [-0.4, -0.2) is 50.2 Å². The van der Waals surface area contributed by atoms with Crippen molar-refractivity contribution in [3.8, 4) is 0 Å². The highest BCUT2D eigenvalue weighted by Gasteiger charge is 2.20. The quantitative estimate of drug-likeness (QED) is 0.0572. The zero-order chi connectivity index (χ0) is 31.1. The van der Waals surface area contributed by atoms with Crippen molar-refractivity contribution < 1.29 is 19.1 Å². The van der Waals surface area contributed by atoms with E-state index in [1.54, 1.807) is 0 Å². The summed E-state index contributed by atoms with van der Waals surface area (Å²) < 4.78 is 11.5. The fourth-order valence-electron chi connectivity index (χ4n) is 5.53. The van der Waals surface area contributed by atoms with E-state index in [-0.39, 0.29) is 30.6 Å². The SMILES string of the molecule is CCCCCCCCCCCCCCC(C)C(=O)OCC(CCCCCCCCCCC)OC(=O)CCCCN(C)C. The van der Waals surface area contributed by atoms with E-state index >= 15 is 0 Å². The monoisotopic (exact) mass is 596 g/mol. The minimum Gasteiger partial charge on any atom is -0.462 e. The van der Waals surface area contributed by atoms with Crippen LogP contribution in [-0.2, 0) is 19.1 Å². The highest BCUT2D eigenvalue weighted by atomic mass is 16.6. The number of hydrogen-bond donors (Lipinski definition) is 0. The first kappa shape index (κ1) is 40.9. The van der Waals surface area contributed by atoms with Crippen molar-refractivity contribution >= 4 is 11.9 Å². The molecule has 0 saturated heterocycles. The normalized spacial score (nSPS) is 12.9. The van der Waals surface area contributed by atoms with Gasteiger partial charge in [0, 0.05) is 6.42 Å². The topological polar surface area (TPSA) is 55.8 Å². The highest BCUT2D eigenvalue weighted by molar-refractivity contribution is 5.72. The summed E-state index contributed by atoms with van der Waals surface area (Å²) in [6, 6.07) is 0. The molecule has 0 aromatic heterocycles. The van der Waals surface area contributed by atoms with Crippen molar-refractivity contribution in [2.75, 3.05) is 27.2 Å². The molecule has 0 radical (unpaired) electrons. The van der Waals surface area contributed by atoms with Crippen molar-refractivity contribution in [2.24, 2.45) is 5.92 Å². The molecule has 0 aromatic rings. The number of ether oxygens (including phenoxy) is 2. The van der Waals surface area contributed by atoms with Gasteiger partial charge in [-0.15, -0.1) is 0 Å². The summed E-state index contributed by atoms with van der Waals surface area (Å²) in [5, 5.41) is 0. The number of nitrogens with zero attached hydrogens (tertiary/aromatic N) is 1. The summed E-state index contributed by atoms with van der Waals surface area (Å²) >= 11 is 0. The highest BCUT2D eigenvalue weighted by Crippen LogP contribution is 2.17. The molecule has 0 aliphatic rings. The molecule has 0 amide bonds. The predicted octanol–water partition coefficient (Wildman–Crippen LogP) is 10.8. The van der Waals surface area contributed by atoms with Gasteiger partial charge in [-0.3, -0.25) is 9.59 Å². The van der Waals surface area contributed by atoms with E-state index in [2.05, 4.69) is 18.7 Å². The van der Waals surface area contributed by atoms with Crippen LogP contribution in [0.4, 0.5) is 0 Å². The molecule has 2 unspecified atom stereocenters. The smallest absolute Gasteiger partial charge is 0.308 e. The van der Waals surface area contributed by atoms with Gasteiger partial charge in [0.1, 0.15) is 12.7 Å². The van der Waals surface area contributed by atoms with E-state index in [0.717, 1.165) is 51.5 Å². The van der Waals surface area contributed by atoms with Crippen LogP contribution in [0.1, 0.15) is 188 Å². The predicted molar refractivity (Wildman–Crippen MR) is 180 cm³/mol. The molecule has 0 aromatic carbocycles. The van der Waals surface area contributed by atoms with Crippen molar-refractivity contribution in [3.63, 3.8) is 0 Å². The molecular weight excluding hydrogens is 522 g/mol. The molecule has 2 atom stereocenters. The summed E-state index contributed by atoms with van der Waals surface area (Å²) in [4.78, 5) is 27.3. The summed E-state index contributed by atoms with van der Waals surface area (Å²) in [5.41, 5.74) is 0. The second-order valence-corrected chi connectivity index (χ2v) is 13.2. The van der Waals surface area contributed by atoms with Gasteiger partial charge in [0.15, 0.2) is 0 Å². The summed E-state index contributed by atoms with van der Waals surface area (Å²) in [5.74, 6) is -0.393. The Balaban J connectivity index is 4.21. The fourth-order valence-corrected chi connectivity index (χ4v) is 5.53. The lowest BCUT2D eigenvalue weighted by molar-refractivity contribution is -0.161. The van der Waals surface area contributed by atoms with Crippen LogP contribution >= 0.6 is 0 Å². The van der Waals surface area contributed by atoms with Gasteiger partial charge in [-0.05, 0) is 52.7 Å². The number of rotatable bonds is 32. The van der Waals surface area contributed by atoms with Gasteiger partial charge >= 0.3 is 11.9 Å². The van der Waals surface area contributed by atoms with Gasteiger partial charge in [-0.2, -0.15) is 0 Å². The summed E-state index contributed by atoms with van der Waals surface area (Å²) in [6.07, 6.45) is 30.8. The minimum absolute atomic E-state index is 0.0942. The number of hydrogen-bond acceptors (Lipinski definition) is 5. The average molecular weight is 596 g/mol. The number of carbonyl (C=O) groups excluding carboxylic acids is 2. The van der Waals surface area contributed by atoms with Crippen molar-refractivity contribution in [1.82, 2.24) is 4.90 Å². The van der Waals surface area contributed by atoms with Crippen LogP contribution in [0, 0.1) is 5.92 Å². The van der Waals surface area contributed by atoms with Gasteiger partial charge in [0.05, 0.1) is 5.92 Å². The first-order valence-corrected chi connectivity index (χ1v) is 18.4. The Labute approximate surface area is 262 Å². The zero-order valence-corrected chi connectivity index (χ0v) is 29.0. The van der Waals surface area contributed by atoms with Crippen LogP contribution in [0.2, 0.25) is 0 Å². The maximum atomic E-state index is 12.7. The molecular formula is C37H73NO4. The van der Waals surface area contributed by atoms with E-state index < -0.39 is 0 Å². The van der Waals surface area contributed by atoms with Crippen LogP contribution in [0.25, 0.3) is 0 Å². The first-order valence-electron chi connectivity index (χ1n) is 18.4. The van der Waals surface area contributed by atoms with Gasteiger partial charge in [0.25, 0.3) is 0 Å². The molecule has 0 rings (SSSR count). The molecule has 0 spiro atoms. The molecule has 0 aliphatic carbocycles. The van der Waals surface area contributed by atoms with E-state index in [1.807, 2.05) is 21.0 Å². The first-order chi connectivity index (χ1) is 20.4. The minimum atomic E-state index is -0.321. The van der Waals surface area contributed by atoms with Crippen LogP contribution < -0.4 is 0 Å². The van der Waals surface area contributed by atoms with E-state index in [1.165, 1.54) is 116 Å². The van der Waals surface area contributed by atoms with Crippen LogP contribution in [0.3, 0.4) is 0 Å². The van der Waals surface area contributed by atoms with Gasteiger partial charge in [-0.1, -0.05) is 149 Å². The van der Waals surface area contributed by atoms with Crippen molar-refractivity contribution in [1.29, 1.82) is 0 Å². The Morgan fingerprint density at radius 2 is 1.00 bits per heavy atom. The van der Waals surface area contributed by atoms with Gasteiger partial charge in [-0.25, -0.2) is 0 Å². The fraction of sp³-hybridized carbons (Fsp3) is 0.946. The molecule has 5 heteroatoms. The maximum Gasteiger partial charge on any atom is 0.308 e. The molecule has 0 aliphatic heterocycles. The Hall–Kier alpha value is -1.10. The Morgan fingerprint density at radius 1 is 0.571 bits per heavy atom. The Morgan fingerprint density at radius 3 is 1.45 bits per heavy atom. The van der Waals surface area contributed by atoms with Crippen LogP contribution in [0.15, 0.2) is 0 Å². The molecule has 0 heterocycles.